The number of aliphatic hydroxyl groups is 1. The second-order valence-electron chi connectivity index (χ2n) is 4.57. The lowest BCUT2D eigenvalue weighted by molar-refractivity contribution is -0.0621. The van der Waals surface area contributed by atoms with Gasteiger partial charge in [0, 0.05) is 24.8 Å². The Labute approximate surface area is 94.4 Å². The fourth-order valence-electron chi connectivity index (χ4n) is 2.07. The summed E-state index contributed by atoms with van der Waals surface area (Å²) in [5.41, 5.74) is 1.11. The number of hydrogen-bond acceptors (Lipinski definition) is 4. The molecule has 5 heteroatoms. The van der Waals surface area contributed by atoms with E-state index < -0.39 is 0 Å². The average Bonchev–Trinajstić information content (AvgIpc) is 3.07. The smallest absolute Gasteiger partial charge is 0.0985 e. The molecule has 1 aliphatic carbocycles. The largest absolute Gasteiger partial charge is 0.394 e. The lowest BCUT2D eigenvalue weighted by atomic mass is 10.1. The van der Waals surface area contributed by atoms with Crippen molar-refractivity contribution >= 4 is 0 Å². The summed E-state index contributed by atoms with van der Waals surface area (Å²) in [7, 11) is 0. The van der Waals surface area contributed by atoms with Crippen LogP contribution in [-0.4, -0.2) is 40.7 Å². The Morgan fingerprint density at radius 2 is 2.38 bits per heavy atom. The van der Waals surface area contributed by atoms with Crippen molar-refractivity contribution < 1.29 is 9.84 Å². The molecule has 1 aromatic heterocycles. The molecule has 2 N–H and O–H groups in total. The zero-order chi connectivity index (χ0) is 11.0. The maximum atomic E-state index is 9.07. The predicted octanol–water partition coefficient (Wildman–Crippen LogP) is 0.240. The first kappa shape index (κ1) is 10.3. The maximum absolute atomic E-state index is 9.07. The van der Waals surface area contributed by atoms with Crippen LogP contribution in [0.4, 0.5) is 0 Å². The zero-order valence-corrected chi connectivity index (χ0v) is 9.17. The highest BCUT2D eigenvalue weighted by Crippen LogP contribution is 2.35. The van der Waals surface area contributed by atoms with Gasteiger partial charge in [0.15, 0.2) is 0 Å². The quantitative estimate of drug-likeness (QED) is 0.770. The molecule has 1 aromatic rings. The first-order chi connectivity index (χ1) is 7.86. The predicted molar refractivity (Wildman–Crippen MR) is 58.1 cm³/mol. The highest BCUT2D eigenvalue weighted by atomic mass is 16.5. The van der Waals surface area contributed by atoms with E-state index in [1.165, 1.54) is 12.8 Å². The first-order valence-electron chi connectivity index (χ1n) is 5.88. The molecule has 2 fully saturated rings. The van der Waals surface area contributed by atoms with Crippen molar-refractivity contribution in [2.24, 2.45) is 0 Å². The van der Waals surface area contributed by atoms with E-state index in [0.717, 1.165) is 18.7 Å². The van der Waals surface area contributed by atoms with Crippen molar-refractivity contribution in [2.75, 3.05) is 19.7 Å². The fraction of sp³-hybridized carbons (Fsp3) is 0.727. The van der Waals surface area contributed by atoms with Gasteiger partial charge in [0.2, 0.25) is 0 Å². The maximum Gasteiger partial charge on any atom is 0.0985 e. The third kappa shape index (κ3) is 1.98. The van der Waals surface area contributed by atoms with Gasteiger partial charge in [-0.2, -0.15) is 5.10 Å². The Hall–Kier alpha value is -0.910. The molecule has 2 unspecified atom stereocenters. The summed E-state index contributed by atoms with van der Waals surface area (Å²) in [6.07, 6.45) is 6.36. The van der Waals surface area contributed by atoms with Crippen LogP contribution in [0.5, 0.6) is 0 Å². The molecule has 88 valence electrons. The number of ether oxygens (including phenoxy) is 1. The SMILES string of the molecule is OCC1CNCC(c2cnn(C3CC3)c2)O1. The summed E-state index contributed by atoms with van der Waals surface area (Å²) >= 11 is 0. The minimum Gasteiger partial charge on any atom is -0.394 e. The number of morpholine rings is 1. The van der Waals surface area contributed by atoms with Crippen LogP contribution in [-0.2, 0) is 4.74 Å². The van der Waals surface area contributed by atoms with Gasteiger partial charge in [-0.1, -0.05) is 0 Å². The van der Waals surface area contributed by atoms with E-state index in [9.17, 15) is 0 Å². The van der Waals surface area contributed by atoms with Gasteiger partial charge in [0.05, 0.1) is 31.1 Å². The molecule has 0 bridgehead atoms. The molecule has 2 atom stereocenters. The van der Waals surface area contributed by atoms with E-state index in [2.05, 4.69) is 16.6 Å². The van der Waals surface area contributed by atoms with E-state index in [1.807, 2.05) is 10.9 Å². The highest BCUT2D eigenvalue weighted by molar-refractivity contribution is 5.11. The third-order valence-corrected chi connectivity index (χ3v) is 3.18. The fourth-order valence-corrected chi connectivity index (χ4v) is 2.07. The summed E-state index contributed by atoms with van der Waals surface area (Å²) in [6, 6.07) is 0.610. The van der Waals surface area contributed by atoms with Crippen molar-refractivity contribution in [1.82, 2.24) is 15.1 Å². The number of nitrogens with one attached hydrogen (secondary N) is 1. The van der Waals surface area contributed by atoms with Gasteiger partial charge >= 0.3 is 0 Å². The molecular formula is C11H17N3O2. The second-order valence-corrected chi connectivity index (χ2v) is 4.57. The number of hydrogen-bond donors (Lipinski definition) is 2. The Balaban J connectivity index is 1.70. The molecule has 16 heavy (non-hydrogen) atoms. The van der Waals surface area contributed by atoms with Gasteiger partial charge in [0.25, 0.3) is 0 Å². The van der Waals surface area contributed by atoms with E-state index in [1.54, 1.807) is 0 Å². The van der Waals surface area contributed by atoms with Crippen LogP contribution in [0.25, 0.3) is 0 Å². The highest BCUT2D eigenvalue weighted by Gasteiger charge is 2.27. The molecule has 5 nitrogen and oxygen atoms in total. The van der Waals surface area contributed by atoms with Crippen molar-refractivity contribution in [1.29, 1.82) is 0 Å². The molecule has 0 amide bonds. The van der Waals surface area contributed by atoms with E-state index in [-0.39, 0.29) is 18.8 Å². The topological polar surface area (TPSA) is 59.3 Å². The minimum atomic E-state index is -0.0944. The molecule has 3 rings (SSSR count). The van der Waals surface area contributed by atoms with Crippen molar-refractivity contribution in [2.45, 2.75) is 31.1 Å². The number of rotatable bonds is 3. The number of nitrogens with zero attached hydrogens (tertiary/aromatic N) is 2. The summed E-state index contributed by atoms with van der Waals surface area (Å²) in [6.45, 7) is 1.59. The first-order valence-corrected chi connectivity index (χ1v) is 5.88. The van der Waals surface area contributed by atoms with Gasteiger partial charge < -0.3 is 15.2 Å². The van der Waals surface area contributed by atoms with Gasteiger partial charge in [0.1, 0.15) is 0 Å². The zero-order valence-electron chi connectivity index (χ0n) is 9.17. The molecule has 0 spiro atoms. The lowest BCUT2D eigenvalue weighted by Crippen LogP contribution is -2.42. The Morgan fingerprint density at radius 1 is 1.50 bits per heavy atom. The lowest BCUT2D eigenvalue weighted by Gasteiger charge is -2.29. The standard InChI is InChI=1S/C11H17N3O2/c15-7-10-4-12-5-11(16-10)8-3-13-14(6-8)9-1-2-9/h3,6,9-12,15H,1-2,4-5,7H2. The number of aromatic nitrogens is 2. The monoisotopic (exact) mass is 223 g/mol. The molecule has 2 aliphatic rings. The van der Waals surface area contributed by atoms with Crippen molar-refractivity contribution in [3.8, 4) is 0 Å². The molecule has 0 radical (unpaired) electrons. The Bertz CT molecular complexity index is 362. The van der Waals surface area contributed by atoms with Crippen LogP contribution in [0.15, 0.2) is 12.4 Å². The van der Waals surface area contributed by atoms with Crippen LogP contribution in [0.3, 0.4) is 0 Å². The van der Waals surface area contributed by atoms with Gasteiger partial charge in [-0.3, -0.25) is 4.68 Å². The summed E-state index contributed by atoms with van der Waals surface area (Å²) in [5, 5.41) is 16.7. The van der Waals surface area contributed by atoms with Crippen LogP contribution in [0.2, 0.25) is 0 Å². The molecule has 0 aromatic carbocycles. The van der Waals surface area contributed by atoms with E-state index in [4.69, 9.17) is 9.84 Å². The number of aliphatic hydroxyl groups excluding tert-OH is 1. The minimum absolute atomic E-state index is 0.0263. The molecule has 1 saturated heterocycles. The van der Waals surface area contributed by atoms with Gasteiger partial charge in [-0.25, -0.2) is 0 Å². The molecule has 2 heterocycles. The van der Waals surface area contributed by atoms with Crippen LogP contribution in [0.1, 0.15) is 30.6 Å². The Morgan fingerprint density at radius 3 is 3.12 bits per heavy atom. The third-order valence-electron chi connectivity index (χ3n) is 3.18. The van der Waals surface area contributed by atoms with E-state index in [0.29, 0.717) is 6.04 Å². The van der Waals surface area contributed by atoms with Crippen molar-refractivity contribution in [3.05, 3.63) is 18.0 Å². The van der Waals surface area contributed by atoms with Crippen LogP contribution < -0.4 is 5.32 Å². The van der Waals surface area contributed by atoms with Crippen molar-refractivity contribution in [3.63, 3.8) is 0 Å². The summed E-state index contributed by atoms with van der Waals surface area (Å²) in [4.78, 5) is 0. The van der Waals surface area contributed by atoms with Gasteiger partial charge in [-0.15, -0.1) is 0 Å². The summed E-state index contributed by atoms with van der Waals surface area (Å²) < 4.78 is 7.80. The van der Waals surface area contributed by atoms with Crippen LogP contribution in [0, 0.1) is 0 Å². The summed E-state index contributed by atoms with van der Waals surface area (Å²) in [5.74, 6) is 0. The van der Waals surface area contributed by atoms with Crippen LogP contribution >= 0.6 is 0 Å². The molecular weight excluding hydrogens is 206 g/mol. The normalized spacial score (nSPS) is 30.6. The molecule has 1 saturated carbocycles. The average molecular weight is 223 g/mol. The van der Waals surface area contributed by atoms with E-state index >= 15 is 0 Å². The van der Waals surface area contributed by atoms with Gasteiger partial charge in [-0.05, 0) is 12.8 Å². The Kier molecular flexibility index (Phi) is 2.67. The molecule has 1 aliphatic heterocycles. The second kappa shape index (κ2) is 4.16.